The number of likely N-dealkylation sites (tertiary alicyclic amines) is 1. The first-order chi connectivity index (χ1) is 14.3. The van der Waals surface area contributed by atoms with Crippen LogP contribution in [0.2, 0.25) is 0 Å². The summed E-state index contributed by atoms with van der Waals surface area (Å²) < 4.78 is 0. The maximum absolute atomic E-state index is 12.4. The largest absolute Gasteiger partial charge is 0.353 e. The van der Waals surface area contributed by atoms with E-state index in [0.717, 1.165) is 11.0 Å². The molecule has 160 valence electrons. The van der Waals surface area contributed by atoms with Gasteiger partial charge >= 0.3 is 0 Å². The molecule has 1 saturated heterocycles. The molecule has 4 amide bonds. The van der Waals surface area contributed by atoms with Gasteiger partial charge in [-0.3, -0.25) is 34.2 Å². The lowest BCUT2D eigenvalue weighted by atomic mass is 10.0. The molecule has 2 aliphatic heterocycles. The summed E-state index contributed by atoms with van der Waals surface area (Å²) in [4.78, 5) is 61.8. The number of piperidine rings is 1. The van der Waals surface area contributed by atoms with Gasteiger partial charge in [0.15, 0.2) is 0 Å². The smallest absolute Gasteiger partial charge is 0.270 e. The third-order valence-electron chi connectivity index (χ3n) is 5.47. The van der Waals surface area contributed by atoms with Gasteiger partial charge in [-0.1, -0.05) is 6.92 Å². The van der Waals surface area contributed by atoms with Gasteiger partial charge in [-0.05, 0) is 25.3 Å². The van der Waals surface area contributed by atoms with Crippen LogP contribution in [0.15, 0.2) is 18.2 Å². The number of nitro groups is 1. The first kappa shape index (κ1) is 21.4. The molecular weight excluding hydrogens is 392 g/mol. The lowest BCUT2D eigenvalue weighted by Gasteiger charge is -2.32. The van der Waals surface area contributed by atoms with E-state index >= 15 is 0 Å². The highest BCUT2D eigenvalue weighted by Crippen LogP contribution is 2.27. The number of fused-ring (bicyclic) bond motifs is 1. The highest BCUT2D eigenvalue weighted by atomic mass is 16.6. The van der Waals surface area contributed by atoms with E-state index in [4.69, 9.17) is 0 Å². The van der Waals surface area contributed by atoms with Crippen molar-refractivity contribution in [2.24, 2.45) is 0 Å². The maximum Gasteiger partial charge on any atom is 0.270 e. The Kier molecular flexibility index (Phi) is 6.43. The van der Waals surface area contributed by atoms with Crippen LogP contribution < -0.4 is 5.32 Å². The van der Waals surface area contributed by atoms with Crippen LogP contribution >= 0.6 is 0 Å². The molecule has 0 spiro atoms. The summed E-state index contributed by atoms with van der Waals surface area (Å²) in [6.45, 7) is 3.14. The fourth-order valence-corrected chi connectivity index (χ4v) is 3.79. The van der Waals surface area contributed by atoms with Crippen LogP contribution in [0.4, 0.5) is 5.69 Å². The minimum atomic E-state index is -0.617. The van der Waals surface area contributed by atoms with Crippen molar-refractivity contribution >= 4 is 29.3 Å². The fourth-order valence-electron chi connectivity index (χ4n) is 3.79. The van der Waals surface area contributed by atoms with Crippen molar-refractivity contribution in [1.82, 2.24) is 15.1 Å². The van der Waals surface area contributed by atoms with Crippen LogP contribution in [0, 0.1) is 10.1 Å². The van der Waals surface area contributed by atoms with Crippen molar-refractivity contribution in [3.8, 4) is 0 Å². The van der Waals surface area contributed by atoms with E-state index < -0.39 is 16.7 Å². The normalized spacial score (nSPS) is 16.6. The number of carbonyl (C=O) groups excluding carboxylic acids is 4. The predicted octanol–water partition coefficient (Wildman–Crippen LogP) is 1.49. The van der Waals surface area contributed by atoms with Crippen LogP contribution in [0.3, 0.4) is 0 Å². The second kappa shape index (κ2) is 9.02. The van der Waals surface area contributed by atoms with Crippen molar-refractivity contribution in [2.45, 2.75) is 45.1 Å². The molecule has 2 aliphatic rings. The van der Waals surface area contributed by atoms with Gasteiger partial charge in [-0.25, -0.2) is 0 Å². The Labute approximate surface area is 173 Å². The van der Waals surface area contributed by atoms with Gasteiger partial charge in [0.25, 0.3) is 17.5 Å². The lowest BCUT2D eigenvalue weighted by Crippen LogP contribution is -2.46. The van der Waals surface area contributed by atoms with Crippen LogP contribution in [0.25, 0.3) is 0 Å². The van der Waals surface area contributed by atoms with Crippen LogP contribution in [0.5, 0.6) is 0 Å². The second-order valence-corrected chi connectivity index (χ2v) is 7.43. The van der Waals surface area contributed by atoms with E-state index in [1.165, 1.54) is 12.1 Å². The molecule has 1 aromatic carbocycles. The fraction of sp³-hybridized carbons (Fsp3) is 0.500. The maximum atomic E-state index is 12.4. The average Bonchev–Trinajstić information content (AvgIpc) is 2.98. The molecule has 10 nitrogen and oxygen atoms in total. The summed E-state index contributed by atoms with van der Waals surface area (Å²) in [5, 5.41) is 13.8. The Morgan fingerprint density at radius 2 is 1.83 bits per heavy atom. The van der Waals surface area contributed by atoms with E-state index in [9.17, 15) is 29.3 Å². The number of benzene rings is 1. The quantitative estimate of drug-likeness (QED) is 0.407. The molecule has 0 aliphatic carbocycles. The number of imide groups is 1. The number of non-ortho nitro benzene ring substituents is 1. The summed E-state index contributed by atoms with van der Waals surface area (Å²) in [7, 11) is 0. The molecule has 3 rings (SSSR count). The summed E-state index contributed by atoms with van der Waals surface area (Å²) in [5.74, 6) is -1.13. The van der Waals surface area contributed by atoms with Crippen molar-refractivity contribution < 1.29 is 24.1 Å². The van der Waals surface area contributed by atoms with Crippen molar-refractivity contribution in [3.63, 3.8) is 0 Å². The minimum Gasteiger partial charge on any atom is -0.353 e. The Morgan fingerprint density at radius 1 is 1.17 bits per heavy atom. The third kappa shape index (κ3) is 4.47. The zero-order valence-corrected chi connectivity index (χ0v) is 16.8. The Balaban J connectivity index is 1.46. The number of amides is 4. The molecule has 2 heterocycles. The molecule has 1 fully saturated rings. The number of hydrogen-bond acceptors (Lipinski definition) is 6. The van der Waals surface area contributed by atoms with Gasteiger partial charge in [-0.2, -0.15) is 0 Å². The van der Waals surface area contributed by atoms with E-state index in [-0.39, 0.29) is 47.6 Å². The first-order valence-electron chi connectivity index (χ1n) is 10.0. The molecule has 0 unspecified atom stereocenters. The highest BCUT2D eigenvalue weighted by Gasteiger charge is 2.36. The van der Waals surface area contributed by atoms with Gasteiger partial charge in [0.1, 0.15) is 0 Å². The Hall–Kier alpha value is -3.30. The molecule has 0 atom stereocenters. The van der Waals surface area contributed by atoms with Crippen molar-refractivity contribution in [2.75, 3.05) is 19.6 Å². The van der Waals surface area contributed by atoms with E-state index in [0.29, 0.717) is 38.8 Å². The van der Waals surface area contributed by atoms with Gasteiger partial charge in [0.2, 0.25) is 11.8 Å². The Morgan fingerprint density at radius 3 is 2.47 bits per heavy atom. The topological polar surface area (TPSA) is 130 Å². The predicted molar refractivity (Wildman–Crippen MR) is 106 cm³/mol. The van der Waals surface area contributed by atoms with Crippen LogP contribution in [-0.2, 0) is 9.59 Å². The van der Waals surface area contributed by atoms with Crippen LogP contribution in [0.1, 0.15) is 59.7 Å². The van der Waals surface area contributed by atoms with E-state index in [1.807, 2.05) is 6.92 Å². The number of nitrogens with zero attached hydrogens (tertiary/aromatic N) is 3. The first-order valence-corrected chi connectivity index (χ1v) is 10.0. The molecule has 0 radical (unpaired) electrons. The van der Waals surface area contributed by atoms with Gasteiger partial charge < -0.3 is 10.2 Å². The summed E-state index contributed by atoms with van der Waals surface area (Å²) in [5.41, 5.74) is -0.0849. The molecule has 0 saturated carbocycles. The monoisotopic (exact) mass is 416 g/mol. The number of hydrogen-bond donors (Lipinski definition) is 1. The highest BCUT2D eigenvalue weighted by molar-refractivity contribution is 6.21. The second-order valence-electron chi connectivity index (χ2n) is 7.43. The average molecular weight is 416 g/mol. The summed E-state index contributed by atoms with van der Waals surface area (Å²) in [6, 6.07) is 3.60. The van der Waals surface area contributed by atoms with Crippen molar-refractivity contribution in [3.05, 3.63) is 39.4 Å². The Bertz CT molecular complexity index is 891. The third-order valence-corrected chi connectivity index (χ3v) is 5.47. The number of rotatable bonds is 7. The van der Waals surface area contributed by atoms with Gasteiger partial charge in [0.05, 0.1) is 16.1 Å². The van der Waals surface area contributed by atoms with E-state index in [2.05, 4.69) is 5.32 Å². The molecule has 30 heavy (non-hydrogen) atoms. The molecule has 0 bridgehead atoms. The SMILES string of the molecule is CCC(=O)N1CCC(NC(=O)CCCN2C(=O)c3ccc([N+](=O)[O-])cc3C2=O)CC1. The standard InChI is InChI=1S/C20H24N4O6/c1-2-18(26)22-10-7-13(8-11-22)21-17(25)4-3-9-23-19(27)15-6-5-14(24(29)30)12-16(15)20(23)28/h5-6,12-13H,2-4,7-11H2,1H3,(H,21,25). The minimum absolute atomic E-state index is 0.0123. The molecular formula is C20H24N4O6. The summed E-state index contributed by atoms with van der Waals surface area (Å²) in [6.07, 6.45) is 2.33. The van der Waals surface area contributed by atoms with Crippen LogP contribution in [-0.4, -0.2) is 64.0 Å². The van der Waals surface area contributed by atoms with E-state index in [1.54, 1.807) is 4.90 Å². The number of carbonyl (C=O) groups is 4. The zero-order valence-electron chi connectivity index (χ0n) is 16.8. The van der Waals surface area contributed by atoms with Gasteiger partial charge in [-0.15, -0.1) is 0 Å². The lowest BCUT2D eigenvalue weighted by molar-refractivity contribution is -0.384. The molecule has 1 aromatic rings. The molecule has 1 N–H and O–H groups in total. The molecule has 0 aromatic heterocycles. The van der Waals surface area contributed by atoms with Crippen molar-refractivity contribution in [1.29, 1.82) is 0 Å². The zero-order chi connectivity index (χ0) is 21.8. The molecule has 10 heteroatoms. The summed E-state index contributed by atoms with van der Waals surface area (Å²) >= 11 is 0. The van der Waals surface area contributed by atoms with Gasteiger partial charge in [0, 0.05) is 50.7 Å². The number of nitrogens with one attached hydrogen (secondary N) is 1. The number of nitro benzene ring substituents is 1.